The van der Waals surface area contributed by atoms with Gasteiger partial charge in [0.1, 0.15) is 0 Å². The van der Waals surface area contributed by atoms with Crippen LogP contribution in [0, 0.1) is 6.26 Å². The van der Waals surface area contributed by atoms with E-state index in [-0.39, 0.29) is 4.27 Å². The van der Waals surface area contributed by atoms with Crippen LogP contribution in [0.1, 0.15) is 12.8 Å². The van der Waals surface area contributed by atoms with Crippen LogP contribution in [-0.2, 0) is 4.74 Å². The van der Waals surface area contributed by atoms with E-state index in [1.807, 2.05) is 23.5 Å². The predicted octanol–water partition coefficient (Wildman–Crippen LogP) is 2.78. The Hall–Kier alpha value is 1.01. The molecule has 1 radical (unpaired) electrons. The van der Waals surface area contributed by atoms with Gasteiger partial charge in [-0.3, -0.25) is 0 Å². The third-order valence-electron chi connectivity index (χ3n) is 1.91. The first-order valence-electron chi connectivity index (χ1n) is 3.71. The highest BCUT2D eigenvalue weighted by Gasteiger charge is 2.43. The van der Waals surface area contributed by atoms with Gasteiger partial charge in [-0.2, -0.15) is 0 Å². The van der Waals surface area contributed by atoms with Gasteiger partial charge < -0.3 is 4.74 Å². The summed E-state index contributed by atoms with van der Waals surface area (Å²) < 4.78 is 6.52. The van der Waals surface area contributed by atoms with Crippen LogP contribution in [0.3, 0.4) is 0 Å². The topological polar surface area (TPSA) is 9.23 Å². The van der Waals surface area contributed by atoms with Crippen LogP contribution in [0.5, 0.6) is 0 Å². The molecule has 2 atom stereocenters. The van der Waals surface area contributed by atoms with Gasteiger partial charge in [0.05, 0.1) is 11.2 Å². The van der Waals surface area contributed by atoms with Crippen LogP contribution in [0.25, 0.3) is 0 Å². The van der Waals surface area contributed by atoms with E-state index in [4.69, 9.17) is 4.74 Å². The van der Waals surface area contributed by atoms with Gasteiger partial charge >= 0.3 is 0 Å². The van der Waals surface area contributed by atoms with Crippen molar-refractivity contribution in [3.8, 4) is 0 Å². The third kappa shape index (κ3) is 1.69. The van der Waals surface area contributed by atoms with Crippen molar-refractivity contribution in [2.24, 2.45) is 0 Å². The minimum absolute atomic E-state index is 0.134. The van der Waals surface area contributed by atoms with Gasteiger partial charge in [-0.25, -0.2) is 0 Å². The first-order chi connectivity index (χ1) is 5.35. The number of ether oxygens (including phenoxy) is 1. The second kappa shape index (κ2) is 3.40. The fraction of sp³-hybridized carbons (Fsp3) is 0.857. The molecular formula is C7H11OS3. The molecule has 2 aliphatic heterocycles. The van der Waals surface area contributed by atoms with Gasteiger partial charge in [0.25, 0.3) is 0 Å². The van der Waals surface area contributed by atoms with Crippen molar-refractivity contribution in [1.29, 1.82) is 0 Å². The van der Waals surface area contributed by atoms with Crippen molar-refractivity contribution in [3.05, 3.63) is 6.26 Å². The van der Waals surface area contributed by atoms with E-state index in [9.17, 15) is 0 Å². The minimum atomic E-state index is 0.134. The van der Waals surface area contributed by atoms with E-state index >= 15 is 0 Å². The Morgan fingerprint density at radius 3 is 3.09 bits per heavy atom. The van der Waals surface area contributed by atoms with Crippen molar-refractivity contribution < 1.29 is 4.74 Å². The second-order valence-electron chi connectivity index (χ2n) is 2.63. The maximum atomic E-state index is 5.72. The first-order valence-corrected chi connectivity index (χ1v) is 6.63. The Morgan fingerprint density at radius 2 is 2.55 bits per heavy atom. The van der Waals surface area contributed by atoms with Crippen LogP contribution >= 0.6 is 35.3 Å². The van der Waals surface area contributed by atoms with Crippen LogP contribution in [-0.4, -0.2) is 21.2 Å². The fourth-order valence-electron chi connectivity index (χ4n) is 1.38. The Balaban J connectivity index is 1.96. The Kier molecular flexibility index (Phi) is 2.66. The van der Waals surface area contributed by atoms with E-state index < -0.39 is 0 Å². The smallest absolute Gasteiger partial charge is 0.161 e. The zero-order valence-corrected chi connectivity index (χ0v) is 8.70. The first kappa shape index (κ1) is 8.60. The van der Waals surface area contributed by atoms with Crippen molar-refractivity contribution in [3.63, 3.8) is 0 Å². The maximum absolute atomic E-state index is 5.72. The molecule has 0 saturated carbocycles. The molecule has 2 heterocycles. The molecule has 0 aromatic heterocycles. The lowest BCUT2D eigenvalue weighted by Crippen LogP contribution is -2.14. The van der Waals surface area contributed by atoms with Crippen molar-refractivity contribution in [1.82, 2.24) is 0 Å². The third-order valence-corrected chi connectivity index (χ3v) is 6.17. The Morgan fingerprint density at radius 1 is 1.64 bits per heavy atom. The van der Waals surface area contributed by atoms with Gasteiger partial charge in [0, 0.05) is 12.0 Å². The lowest BCUT2D eigenvalue weighted by atomic mass is 10.3. The predicted molar refractivity (Wildman–Crippen MR) is 54.7 cm³/mol. The summed E-state index contributed by atoms with van der Waals surface area (Å²) >= 11 is 5.65. The van der Waals surface area contributed by atoms with Gasteiger partial charge in [0.15, 0.2) is 4.27 Å². The average molecular weight is 207 g/mol. The van der Waals surface area contributed by atoms with E-state index in [0.717, 1.165) is 6.61 Å². The highest BCUT2D eigenvalue weighted by atomic mass is 32.2. The van der Waals surface area contributed by atoms with E-state index in [1.165, 1.54) is 18.6 Å². The molecule has 63 valence electrons. The summed E-state index contributed by atoms with van der Waals surface area (Å²) in [5.74, 6) is 1.17. The van der Waals surface area contributed by atoms with Crippen molar-refractivity contribution >= 4 is 35.3 Å². The molecule has 2 aliphatic rings. The molecule has 1 spiro atoms. The Labute approximate surface area is 80.4 Å². The molecule has 0 amide bonds. The number of thioether (sulfide) groups is 3. The molecule has 2 saturated heterocycles. The molecule has 2 unspecified atom stereocenters. The number of rotatable bonds is 1. The molecule has 1 nitrogen and oxygen atoms in total. The second-order valence-corrected chi connectivity index (χ2v) is 6.91. The van der Waals surface area contributed by atoms with E-state index in [0.29, 0.717) is 4.58 Å². The maximum Gasteiger partial charge on any atom is 0.161 e. The molecule has 0 aliphatic carbocycles. The van der Waals surface area contributed by atoms with E-state index in [2.05, 4.69) is 6.26 Å². The van der Waals surface area contributed by atoms with E-state index in [1.54, 1.807) is 11.8 Å². The molecule has 2 rings (SSSR count). The summed E-state index contributed by atoms with van der Waals surface area (Å²) in [6.07, 6.45) is 6.31. The molecule has 0 aromatic carbocycles. The standard InChI is InChI=1S/C7H11OS3/c1-9-6-2-3-7(11-6)8-4-5-10-7/h6H,1-5H2. The molecule has 2 fully saturated rings. The molecule has 0 N–H and O–H groups in total. The molecule has 0 aromatic rings. The molecule has 0 bridgehead atoms. The fourth-order valence-corrected chi connectivity index (χ4v) is 5.38. The van der Waals surface area contributed by atoms with Gasteiger partial charge in [-0.15, -0.1) is 35.3 Å². The Bertz CT molecular complexity index is 145. The largest absolute Gasteiger partial charge is 0.354 e. The molecular weight excluding hydrogens is 196 g/mol. The average Bonchev–Trinajstić information content (AvgIpc) is 2.62. The zero-order chi connectivity index (χ0) is 7.73. The molecule has 4 heteroatoms. The van der Waals surface area contributed by atoms with Gasteiger partial charge in [-0.05, 0) is 12.8 Å². The van der Waals surface area contributed by atoms with Crippen LogP contribution in [0.15, 0.2) is 0 Å². The van der Waals surface area contributed by atoms with Crippen molar-refractivity contribution in [2.75, 3.05) is 12.4 Å². The summed E-state index contributed by atoms with van der Waals surface area (Å²) in [6, 6.07) is 0. The zero-order valence-electron chi connectivity index (χ0n) is 6.25. The summed E-state index contributed by atoms with van der Waals surface area (Å²) in [4.78, 5) is 0. The quantitative estimate of drug-likeness (QED) is 0.653. The molecule has 11 heavy (non-hydrogen) atoms. The summed E-state index contributed by atoms with van der Waals surface area (Å²) in [5.41, 5.74) is 0. The number of hydrogen-bond acceptors (Lipinski definition) is 4. The summed E-state index contributed by atoms with van der Waals surface area (Å²) in [7, 11) is 0. The normalized spacial score (nSPS) is 43.9. The SMILES string of the molecule is [CH2]SC1CCC2(OCCS2)S1. The van der Waals surface area contributed by atoms with Crippen LogP contribution in [0.2, 0.25) is 0 Å². The van der Waals surface area contributed by atoms with Gasteiger partial charge in [-0.1, -0.05) is 0 Å². The number of hydrogen-bond donors (Lipinski definition) is 0. The van der Waals surface area contributed by atoms with Crippen LogP contribution < -0.4 is 0 Å². The highest BCUT2D eigenvalue weighted by Crippen LogP contribution is 2.56. The van der Waals surface area contributed by atoms with Crippen LogP contribution in [0.4, 0.5) is 0 Å². The van der Waals surface area contributed by atoms with Crippen molar-refractivity contribution in [2.45, 2.75) is 21.7 Å². The lowest BCUT2D eigenvalue weighted by molar-refractivity contribution is 0.117. The monoisotopic (exact) mass is 207 g/mol. The van der Waals surface area contributed by atoms with Gasteiger partial charge in [0.2, 0.25) is 0 Å². The minimum Gasteiger partial charge on any atom is -0.354 e. The summed E-state index contributed by atoms with van der Waals surface area (Å²) in [6.45, 7) is 0.937. The summed E-state index contributed by atoms with van der Waals surface area (Å²) in [5, 5.41) is 0. The lowest BCUT2D eigenvalue weighted by Gasteiger charge is -2.19. The highest BCUT2D eigenvalue weighted by molar-refractivity contribution is 8.25.